The van der Waals surface area contributed by atoms with Crippen molar-refractivity contribution in [2.24, 2.45) is 11.8 Å². The lowest BCUT2D eigenvalue weighted by molar-refractivity contribution is 0.459. The molecule has 118 valence electrons. The van der Waals surface area contributed by atoms with Gasteiger partial charge < -0.3 is 10.2 Å². The van der Waals surface area contributed by atoms with E-state index in [1.807, 2.05) is 12.4 Å². The third kappa shape index (κ3) is 5.27. The van der Waals surface area contributed by atoms with Crippen molar-refractivity contribution in [1.29, 1.82) is 0 Å². The van der Waals surface area contributed by atoms with Crippen molar-refractivity contribution in [1.82, 2.24) is 15.3 Å². The Morgan fingerprint density at radius 3 is 2.90 bits per heavy atom. The highest BCUT2D eigenvalue weighted by Gasteiger charge is 2.17. The molecule has 0 bridgehead atoms. The molecule has 4 heteroatoms. The van der Waals surface area contributed by atoms with Crippen LogP contribution in [0.3, 0.4) is 0 Å². The van der Waals surface area contributed by atoms with Crippen LogP contribution < -0.4 is 10.2 Å². The van der Waals surface area contributed by atoms with Gasteiger partial charge >= 0.3 is 0 Å². The average molecular weight is 290 g/mol. The molecule has 0 amide bonds. The molecule has 0 spiro atoms. The van der Waals surface area contributed by atoms with E-state index in [9.17, 15) is 0 Å². The standard InChI is InChI=1S/C17H30N4/c1-4-15-6-5-8-21(9-7-15)17-13-19-12-16(20-17)11-18-10-14(2)3/h12-15,18H,4-11H2,1-3H3. The van der Waals surface area contributed by atoms with Gasteiger partial charge in [-0.15, -0.1) is 0 Å². The second-order valence-corrected chi connectivity index (χ2v) is 6.59. The predicted octanol–water partition coefficient (Wildman–Crippen LogP) is 3.24. The van der Waals surface area contributed by atoms with E-state index in [1.165, 1.54) is 25.7 Å². The van der Waals surface area contributed by atoms with Crippen LogP contribution in [0.4, 0.5) is 5.82 Å². The molecule has 0 saturated carbocycles. The maximum absolute atomic E-state index is 4.79. The zero-order valence-electron chi connectivity index (χ0n) is 13.8. The van der Waals surface area contributed by atoms with E-state index in [1.54, 1.807) is 0 Å². The molecule has 1 aromatic rings. The Bertz CT molecular complexity index is 419. The number of nitrogens with one attached hydrogen (secondary N) is 1. The van der Waals surface area contributed by atoms with Gasteiger partial charge in [0.15, 0.2) is 0 Å². The molecule has 0 aromatic carbocycles. The molecule has 1 aliphatic heterocycles. The normalized spacial score (nSPS) is 19.8. The maximum atomic E-state index is 4.79. The number of anilines is 1. The van der Waals surface area contributed by atoms with Gasteiger partial charge in [0, 0.05) is 25.8 Å². The second kappa shape index (κ2) is 8.32. The number of hydrogen-bond acceptors (Lipinski definition) is 4. The van der Waals surface area contributed by atoms with E-state index in [-0.39, 0.29) is 0 Å². The summed E-state index contributed by atoms with van der Waals surface area (Å²) in [5, 5.41) is 3.44. The van der Waals surface area contributed by atoms with Crippen molar-refractivity contribution in [3.8, 4) is 0 Å². The fraction of sp³-hybridized carbons (Fsp3) is 0.765. The molecule has 0 radical (unpaired) electrons. The van der Waals surface area contributed by atoms with Gasteiger partial charge in [-0.2, -0.15) is 0 Å². The van der Waals surface area contributed by atoms with Crippen molar-refractivity contribution in [3.05, 3.63) is 18.1 Å². The third-order valence-electron chi connectivity index (χ3n) is 4.28. The van der Waals surface area contributed by atoms with Crippen molar-refractivity contribution in [2.45, 2.75) is 53.0 Å². The zero-order valence-corrected chi connectivity index (χ0v) is 13.8. The first-order valence-electron chi connectivity index (χ1n) is 8.45. The monoisotopic (exact) mass is 290 g/mol. The Hall–Kier alpha value is -1.16. The van der Waals surface area contributed by atoms with Crippen molar-refractivity contribution in [2.75, 3.05) is 24.5 Å². The highest BCUT2D eigenvalue weighted by Crippen LogP contribution is 2.23. The van der Waals surface area contributed by atoms with Gasteiger partial charge in [0.25, 0.3) is 0 Å². The molecular formula is C17H30N4. The SMILES string of the molecule is CCC1CCCN(c2cncc(CNCC(C)C)n2)CC1. The van der Waals surface area contributed by atoms with E-state index in [0.717, 1.165) is 43.6 Å². The van der Waals surface area contributed by atoms with Gasteiger partial charge in [-0.1, -0.05) is 27.2 Å². The summed E-state index contributed by atoms with van der Waals surface area (Å²) in [6.45, 7) is 10.8. The molecule has 2 rings (SSSR count). The summed E-state index contributed by atoms with van der Waals surface area (Å²) in [6, 6.07) is 0. The highest BCUT2D eigenvalue weighted by molar-refractivity contribution is 5.36. The Labute approximate surface area is 129 Å². The predicted molar refractivity (Wildman–Crippen MR) is 88.4 cm³/mol. The van der Waals surface area contributed by atoms with Crippen LogP contribution in [0.5, 0.6) is 0 Å². The Morgan fingerprint density at radius 2 is 2.14 bits per heavy atom. The molecule has 1 unspecified atom stereocenters. The molecule has 1 aliphatic rings. The fourth-order valence-corrected chi connectivity index (χ4v) is 2.92. The summed E-state index contributed by atoms with van der Waals surface area (Å²) in [5.74, 6) is 2.60. The zero-order chi connectivity index (χ0) is 15.1. The van der Waals surface area contributed by atoms with E-state index >= 15 is 0 Å². The van der Waals surface area contributed by atoms with Crippen molar-refractivity contribution in [3.63, 3.8) is 0 Å². The molecule has 1 aromatic heterocycles. The van der Waals surface area contributed by atoms with Crippen LogP contribution in [0, 0.1) is 11.8 Å². The first-order chi connectivity index (χ1) is 10.2. The molecule has 1 saturated heterocycles. The Balaban J connectivity index is 1.93. The fourth-order valence-electron chi connectivity index (χ4n) is 2.92. The van der Waals surface area contributed by atoms with Gasteiger partial charge in [-0.25, -0.2) is 4.98 Å². The van der Waals surface area contributed by atoms with E-state index in [2.05, 4.69) is 36.0 Å². The van der Waals surface area contributed by atoms with Crippen molar-refractivity contribution < 1.29 is 0 Å². The summed E-state index contributed by atoms with van der Waals surface area (Å²) >= 11 is 0. The van der Waals surface area contributed by atoms with E-state index < -0.39 is 0 Å². The summed E-state index contributed by atoms with van der Waals surface area (Å²) in [7, 11) is 0. The lowest BCUT2D eigenvalue weighted by Crippen LogP contribution is -2.26. The largest absolute Gasteiger partial charge is 0.355 e. The highest BCUT2D eigenvalue weighted by atomic mass is 15.2. The molecule has 1 atom stereocenters. The van der Waals surface area contributed by atoms with Crippen LogP contribution in [0.2, 0.25) is 0 Å². The van der Waals surface area contributed by atoms with Crippen LogP contribution in [0.15, 0.2) is 12.4 Å². The molecule has 1 fully saturated rings. The van der Waals surface area contributed by atoms with E-state index in [4.69, 9.17) is 4.98 Å². The topological polar surface area (TPSA) is 41.1 Å². The van der Waals surface area contributed by atoms with Gasteiger partial charge in [0.1, 0.15) is 5.82 Å². The Kier molecular flexibility index (Phi) is 6.43. The maximum Gasteiger partial charge on any atom is 0.147 e. The summed E-state index contributed by atoms with van der Waals surface area (Å²) in [5.41, 5.74) is 1.05. The molecule has 0 aliphatic carbocycles. The molecule has 2 heterocycles. The number of hydrogen-bond donors (Lipinski definition) is 1. The minimum absolute atomic E-state index is 0.665. The minimum Gasteiger partial charge on any atom is -0.355 e. The first-order valence-corrected chi connectivity index (χ1v) is 8.45. The lowest BCUT2D eigenvalue weighted by atomic mass is 9.98. The average Bonchev–Trinajstić information content (AvgIpc) is 2.72. The van der Waals surface area contributed by atoms with Crippen LogP contribution in [0.1, 0.15) is 52.1 Å². The number of nitrogens with zero attached hydrogens (tertiary/aromatic N) is 3. The molecule has 4 nitrogen and oxygen atoms in total. The van der Waals surface area contributed by atoms with E-state index in [0.29, 0.717) is 5.92 Å². The molecular weight excluding hydrogens is 260 g/mol. The van der Waals surface area contributed by atoms with Gasteiger partial charge in [0.2, 0.25) is 0 Å². The molecule has 1 N–H and O–H groups in total. The second-order valence-electron chi connectivity index (χ2n) is 6.59. The van der Waals surface area contributed by atoms with Gasteiger partial charge in [-0.05, 0) is 37.6 Å². The van der Waals surface area contributed by atoms with Crippen LogP contribution in [-0.4, -0.2) is 29.6 Å². The minimum atomic E-state index is 0.665. The van der Waals surface area contributed by atoms with Crippen LogP contribution >= 0.6 is 0 Å². The third-order valence-corrected chi connectivity index (χ3v) is 4.28. The summed E-state index contributed by atoms with van der Waals surface area (Å²) < 4.78 is 0. The quantitative estimate of drug-likeness (QED) is 0.873. The summed E-state index contributed by atoms with van der Waals surface area (Å²) in [4.78, 5) is 11.6. The first kappa shape index (κ1) is 16.2. The van der Waals surface area contributed by atoms with Gasteiger partial charge in [-0.3, -0.25) is 4.98 Å². The number of aromatic nitrogens is 2. The number of rotatable bonds is 6. The van der Waals surface area contributed by atoms with Gasteiger partial charge in [0.05, 0.1) is 11.9 Å². The molecule has 21 heavy (non-hydrogen) atoms. The smallest absolute Gasteiger partial charge is 0.147 e. The Morgan fingerprint density at radius 1 is 1.29 bits per heavy atom. The van der Waals surface area contributed by atoms with Crippen LogP contribution in [-0.2, 0) is 6.54 Å². The summed E-state index contributed by atoms with van der Waals surface area (Å²) in [6.07, 6.45) is 9.01. The lowest BCUT2D eigenvalue weighted by Gasteiger charge is -2.21. The van der Waals surface area contributed by atoms with Crippen LogP contribution in [0.25, 0.3) is 0 Å². The van der Waals surface area contributed by atoms with Crippen molar-refractivity contribution >= 4 is 5.82 Å².